The van der Waals surface area contributed by atoms with Crippen LogP contribution < -0.4 is 0 Å². The summed E-state index contributed by atoms with van der Waals surface area (Å²) in [6.45, 7) is 4.66. The summed E-state index contributed by atoms with van der Waals surface area (Å²) in [6.07, 6.45) is 2.06. The average molecular weight is 371 g/mol. The van der Waals surface area contributed by atoms with E-state index >= 15 is 0 Å². The fraction of sp³-hybridized carbons (Fsp3) is 0.476. The lowest BCUT2D eigenvalue weighted by molar-refractivity contribution is -0.136. The molecule has 0 N–H and O–H groups in total. The normalized spacial score (nSPS) is 17.3. The molecule has 0 unspecified atom stereocenters. The van der Waals surface area contributed by atoms with Crippen LogP contribution in [0.3, 0.4) is 0 Å². The highest BCUT2D eigenvalue weighted by Crippen LogP contribution is 2.15. The van der Waals surface area contributed by atoms with Crippen molar-refractivity contribution in [3.05, 3.63) is 59.9 Å². The van der Waals surface area contributed by atoms with Gasteiger partial charge in [-0.15, -0.1) is 0 Å². The van der Waals surface area contributed by atoms with Crippen LogP contribution in [0.5, 0.6) is 0 Å². The first kappa shape index (κ1) is 19.6. The first-order chi connectivity index (χ1) is 13.1. The van der Waals surface area contributed by atoms with Crippen molar-refractivity contribution in [1.82, 2.24) is 14.4 Å². The van der Waals surface area contributed by atoms with Gasteiger partial charge in [-0.25, -0.2) is 0 Å². The second kappa shape index (κ2) is 9.69. The van der Waals surface area contributed by atoms with Crippen LogP contribution in [0.1, 0.15) is 11.3 Å². The van der Waals surface area contributed by atoms with Crippen LogP contribution in [0.15, 0.2) is 48.7 Å². The van der Waals surface area contributed by atoms with E-state index in [4.69, 9.17) is 9.47 Å². The van der Waals surface area contributed by atoms with Gasteiger partial charge in [0, 0.05) is 52.2 Å². The predicted octanol–water partition coefficient (Wildman–Crippen LogP) is 1.99. The zero-order chi connectivity index (χ0) is 19.1. The molecule has 146 valence electrons. The highest BCUT2D eigenvalue weighted by atomic mass is 16.5. The predicted molar refractivity (Wildman–Crippen MR) is 104 cm³/mol. The molecule has 1 aromatic heterocycles. The number of nitrogens with zero attached hydrogens (tertiary/aromatic N) is 3. The van der Waals surface area contributed by atoms with E-state index in [1.54, 1.807) is 19.0 Å². The van der Waals surface area contributed by atoms with Crippen molar-refractivity contribution in [2.75, 3.05) is 40.4 Å². The van der Waals surface area contributed by atoms with E-state index in [0.717, 1.165) is 26.2 Å². The lowest BCUT2D eigenvalue weighted by atomic mass is 10.2. The van der Waals surface area contributed by atoms with Crippen LogP contribution in [0.25, 0.3) is 0 Å². The highest BCUT2D eigenvalue weighted by molar-refractivity contribution is 5.76. The summed E-state index contributed by atoms with van der Waals surface area (Å²) in [5.74, 6) is -0.00952. The van der Waals surface area contributed by atoms with Gasteiger partial charge in [0.05, 0.1) is 19.3 Å². The van der Waals surface area contributed by atoms with E-state index in [1.165, 1.54) is 11.3 Å². The Morgan fingerprint density at radius 1 is 1.15 bits per heavy atom. The minimum absolute atomic E-state index is 0.00952. The van der Waals surface area contributed by atoms with Crippen LogP contribution in [-0.4, -0.2) is 66.8 Å². The number of rotatable bonds is 8. The molecule has 6 heteroatoms. The molecule has 27 heavy (non-hydrogen) atoms. The molecule has 0 aliphatic carbocycles. The van der Waals surface area contributed by atoms with Gasteiger partial charge < -0.3 is 18.9 Å². The molecule has 0 saturated carbocycles. The van der Waals surface area contributed by atoms with E-state index in [-0.39, 0.29) is 18.6 Å². The summed E-state index contributed by atoms with van der Waals surface area (Å²) >= 11 is 0. The SMILES string of the molecule is CN(C)C(=O)CO[C@H]1CN(CCOCc2ccccc2)Cc2cccn2C1. The number of aromatic nitrogens is 1. The third kappa shape index (κ3) is 5.92. The number of benzene rings is 1. The summed E-state index contributed by atoms with van der Waals surface area (Å²) in [5, 5.41) is 0. The molecule has 0 spiro atoms. The number of carbonyl (C=O) groups is 1. The Morgan fingerprint density at radius 2 is 1.96 bits per heavy atom. The molecule has 0 radical (unpaired) electrons. The number of ether oxygens (including phenoxy) is 2. The molecule has 0 fully saturated rings. The molecule has 2 heterocycles. The van der Waals surface area contributed by atoms with Crippen LogP contribution in [0.4, 0.5) is 0 Å². The maximum atomic E-state index is 11.9. The van der Waals surface area contributed by atoms with Gasteiger partial charge in [-0.3, -0.25) is 9.69 Å². The number of carbonyl (C=O) groups excluding carboxylic acids is 1. The minimum atomic E-state index is -0.0170. The molecule has 1 amide bonds. The molecule has 0 bridgehead atoms. The molecular weight excluding hydrogens is 342 g/mol. The van der Waals surface area contributed by atoms with Gasteiger partial charge in [-0.1, -0.05) is 30.3 Å². The van der Waals surface area contributed by atoms with Gasteiger partial charge in [0.1, 0.15) is 6.61 Å². The third-order valence-electron chi connectivity index (χ3n) is 4.78. The first-order valence-corrected chi connectivity index (χ1v) is 9.41. The summed E-state index contributed by atoms with van der Waals surface area (Å²) in [4.78, 5) is 15.8. The van der Waals surface area contributed by atoms with Crippen molar-refractivity contribution in [3.63, 3.8) is 0 Å². The van der Waals surface area contributed by atoms with Crippen LogP contribution in [-0.2, 0) is 34.0 Å². The molecule has 0 saturated heterocycles. The Kier molecular flexibility index (Phi) is 7.04. The highest BCUT2D eigenvalue weighted by Gasteiger charge is 2.22. The topological polar surface area (TPSA) is 46.9 Å². The fourth-order valence-electron chi connectivity index (χ4n) is 3.18. The summed E-state index contributed by atoms with van der Waals surface area (Å²) in [7, 11) is 3.50. The third-order valence-corrected chi connectivity index (χ3v) is 4.78. The molecule has 1 aliphatic rings. The quantitative estimate of drug-likeness (QED) is 0.666. The Hall–Kier alpha value is -2.15. The molecule has 6 nitrogen and oxygen atoms in total. The van der Waals surface area contributed by atoms with Crippen molar-refractivity contribution in [1.29, 1.82) is 0 Å². The van der Waals surface area contributed by atoms with Gasteiger partial charge in [0.15, 0.2) is 0 Å². The summed E-state index contributed by atoms with van der Waals surface area (Å²) < 4.78 is 14.0. The Bertz CT molecular complexity index is 714. The van der Waals surface area contributed by atoms with E-state index in [1.807, 2.05) is 18.2 Å². The molecule has 1 atom stereocenters. The Labute approximate surface area is 161 Å². The maximum absolute atomic E-state index is 11.9. The summed E-state index contributed by atoms with van der Waals surface area (Å²) in [5.41, 5.74) is 2.45. The average Bonchev–Trinajstić information content (AvgIpc) is 3.02. The Morgan fingerprint density at radius 3 is 2.74 bits per heavy atom. The maximum Gasteiger partial charge on any atom is 0.248 e. The molecule has 1 aliphatic heterocycles. The smallest absolute Gasteiger partial charge is 0.248 e. The molecule has 1 aromatic carbocycles. The van der Waals surface area contributed by atoms with Crippen molar-refractivity contribution >= 4 is 5.91 Å². The largest absolute Gasteiger partial charge is 0.375 e. The zero-order valence-corrected chi connectivity index (χ0v) is 16.2. The van der Waals surface area contributed by atoms with Gasteiger partial charge in [0.25, 0.3) is 0 Å². The van der Waals surface area contributed by atoms with Gasteiger partial charge in [0.2, 0.25) is 5.91 Å². The van der Waals surface area contributed by atoms with E-state index in [0.29, 0.717) is 13.2 Å². The summed E-state index contributed by atoms with van der Waals surface area (Å²) in [6, 6.07) is 14.4. The lowest BCUT2D eigenvalue weighted by Crippen LogP contribution is -2.37. The zero-order valence-electron chi connectivity index (χ0n) is 16.2. The van der Waals surface area contributed by atoms with E-state index < -0.39 is 0 Å². The van der Waals surface area contributed by atoms with Crippen molar-refractivity contribution in [2.45, 2.75) is 25.8 Å². The van der Waals surface area contributed by atoms with Crippen molar-refractivity contribution in [3.8, 4) is 0 Å². The standard InChI is InChI=1S/C21H29N3O3/c1-22(2)21(25)17-27-20-14-23(13-19-9-6-10-24(19)15-20)11-12-26-16-18-7-4-3-5-8-18/h3-10,20H,11-17H2,1-2H3/t20-/m0/s1. The van der Waals surface area contributed by atoms with Gasteiger partial charge in [-0.2, -0.15) is 0 Å². The Balaban J connectivity index is 1.51. The molecule has 2 aromatic rings. The molecular formula is C21H29N3O3. The number of hydrogen-bond donors (Lipinski definition) is 0. The van der Waals surface area contributed by atoms with Crippen molar-refractivity contribution < 1.29 is 14.3 Å². The van der Waals surface area contributed by atoms with Crippen molar-refractivity contribution in [2.24, 2.45) is 0 Å². The number of fused-ring (bicyclic) bond motifs is 1. The fourth-order valence-corrected chi connectivity index (χ4v) is 3.18. The number of likely N-dealkylation sites (N-methyl/N-ethyl adjacent to an activating group) is 1. The van der Waals surface area contributed by atoms with E-state index in [9.17, 15) is 4.79 Å². The van der Waals surface area contributed by atoms with Gasteiger partial charge in [-0.05, 0) is 17.7 Å². The van der Waals surface area contributed by atoms with Gasteiger partial charge >= 0.3 is 0 Å². The van der Waals surface area contributed by atoms with Crippen LogP contribution in [0.2, 0.25) is 0 Å². The lowest BCUT2D eigenvalue weighted by Gasteiger charge is -2.24. The minimum Gasteiger partial charge on any atom is -0.375 e. The number of amides is 1. The van der Waals surface area contributed by atoms with E-state index in [2.05, 4.69) is 39.9 Å². The monoisotopic (exact) mass is 371 g/mol. The first-order valence-electron chi connectivity index (χ1n) is 9.41. The molecule has 3 rings (SSSR count). The second-order valence-electron chi connectivity index (χ2n) is 7.15. The van der Waals surface area contributed by atoms with Crippen LogP contribution >= 0.6 is 0 Å². The number of hydrogen-bond acceptors (Lipinski definition) is 4. The second-order valence-corrected chi connectivity index (χ2v) is 7.15. The van der Waals surface area contributed by atoms with Crippen LogP contribution in [0, 0.1) is 0 Å².